The minimum absolute atomic E-state index is 0. The normalized spacial score (nSPS) is 18.9. The summed E-state index contributed by atoms with van der Waals surface area (Å²) in [5.41, 5.74) is -1.38. The zero-order valence-electron chi connectivity index (χ0n) is 13.2. The van der Waals surface area contributed by atoms with Gasteiger partial charge in [-0.3, -0.25) is 4.79 Å². The molecule has 0 aromatic heterocycles. The molecule has 1 aliphatic rings. The fourth-order valence-corrected chi connectivity index (χ4v) is 2.56. The smallest absolute Gasteiger partial charge is 0.351 e. The van der Waals surface area contributed by atoms with Gasteiger partial charge < -0.3 is 10.6 Å². The molecule has 1 aromatic rings. The molecule has 1 atom stereocenters. The van der Waals surface area contributed by atoms with E-state index in [0.29, 0.717) is 12.1 Å². The highest BCUT2D eigenvalue weighted by atomic mass is 35.5. The van der Waals surface area contributed by atoms with Gasteiger partial charge in [-0.15, -0.1) is 12.4 Å². The van der Waals surface area contributed by atoms with Gasteiger partial charge >= 0.3 is 6.18 Å². The zero-order valence-corrected chi connectivity index (χ0v) is 14.0. The van der Waals surface area contributed by atoms with Crippen molar-refractivity contribution < 1.29 is 18.0 Å². The Balaban J connectivity index is 0.00000264. The number of carbonyl (C=O) groups is 1. The van der Waals surface area contributed by atoms with E-state index >= 15 is 0 Å². The van der Waals surface area contributed by atoms with E-state index in [9.17, 15) is 18.0 Å². The minimum atomic E-state index is -4.41. The Morgan fingerprint density at radius 2 is 1.91 bits per heavy atom. The number of halogens is 4. The molecule has 1 heterocycles. The van der Waals surface area contributed by atoms with Gasteiger partial charge in [0.05, 0.1) is 11.0 Å². The van der Waals surface area contributed by atoms with Crippen LogP contribution in [0.15, 0.2) is 24.3 Å². The van der Waals surface area contributed by atoms with Gasteiger partial charge in [-0.1, -0.05) is 18.2 Å². The second-order valence-corrected chi connectivity index (χ2v) is 6.22. The van der Waals surface area contributed by atoms with Crippen LogP contribution in [0.1, 0.15) is 37.8 Å². The number of carbonyl (C=O) groups excluding carboxylic acids is 1. The number of rotatable bonds is 3. The minimum Gasteiger partial charge on any atom is -0.351 e. The van der Waals surface area contributed by atoms with Gasteiger partial charge in [-0.05, 0) is 44.9 Å². The second-order valence-electron chi connectivity index (χ2n) is 6.22. The molecule has 0 unspecified atom stereocenters. The summed E-state index contributed by atoms with van der Waals surface area (Å²) in [6.45, 7) is 4.93. The third-order valence-corrected chi connectivity index (χ3v) is 4.11. The molecule has 0 aliphatic carbocycles. The Labute approximate surface area is 140 Å². The van der Waals surface area contributed by atoms with E-state index in [-0.39, 0.29) is 24.4 Å². The van der Waals surface area contributed by atoms with E-state index in [1.54, 1.807) is 19.9 Å². The molecule has 7 heteroatoms. The third-order valence-electron chi connectivity index (χ3n) is 4.11. The lowest BCUT2D eigenvalue weighted by molar-refractivity contribution is -0.138. The van der Waals surface area contributed by atoms with Crippen LogP contribution in [0.5, 0.6) is 0 Å². The summed E-state index contributed by atoms with van der Waals surface area (Å²) in [6.07, 6.45) is -2.54. The molecule has 3 nitrogen and oxygen atoms in total. The fourth-order valence-electron chi connectivity index (χ4n) is 2.56. The van der Waals surface area contributed by atoms with E-state index in [1.165, 1.54) is 6.07 Å². The number of hydrogen-bond acceptors (Lipinski definition) is 2. The summed E-state index contributed by atoms with van der Waals surface area (Å²) in [5.74, 6) is -0.250. The summed E-state index contributed by atoms with van der Waals surface area (Å²) >= 11 is 0. The largest absolute Gasteiger partial charge is 0.416 e. The predicted octanol–water partition coefficient (Wildman–Crippen LogP) is 3.27. The van der Waals surface area contributed by atoms with E-state index < -0.39 is 17.2 Å². The fraction of sp³-hybridized carbons (Fsp3) is 0.562. The van der Waals surface area contributed by atoms with Gasteiger partial charge in [-0.25, -0.2) is 0 Å². The first-order valence-corrected chi connectivity index (χ1v) is 7.40. The third kappa shape index (κ3) is 4.85. The maximum absolute atomic E-state index is 12.8. The molecule has 0 spiro atoms. The molecule has 23 heavy (non-hydrogen) atoms. The van der Waals surface area contributed by atoms with Crippen LogP contribution in [0.4, 0.5) is 13.2 Å². The van der Waals surface area contributed by atoms with E-state index in [0.717, 1.165) is 31.5 Å². The molecule has 0 bridgehead atoms. The molecule has 2 N–H and O–H groups in total. The first kappa shape index (κ1) is 19.8. The zero-order chi connectivity index (χ0) is 16.4. The van der Waals surface area contributed by atoms with Gasteiger partial charge in [0.15, 0.2) is 0 Å². The van der Waals surface area contributed by atoms with Crippen LogP contribution in [0, 0.1) is 0 Å². The average molecular weight is 351 g/mol. The molecule has 0 radical (unpaired) electrons. The second kappa shape index (κ2) is 7.53. The lowest BCUT2D eigenvalue weighted by Gasteiger charge is -2.30. The summed E-state index contributed by atoms with van der Waals surface area (Å²) in [5, 5.41) is 6.13. The van der Waals surface area contributed by atoms with Crippen molar-refractivity contribution in [2.45, 2.75) is 44.3 Å². The highest BCUT2D eigenvalue weighted by molar-refractivity contribution is 5.87. The van der Waals surface area contributed by atoms with Crippen LogP contribution in [0.25, 0.3) is 0 Å². The monoisotopic (exact) mass is 350 g/mol. The first-order valence-electron chi connectivity index (χ1n) is 7.40. The highest BCUT2D eigenvalue weighted by Crippen LogP contribution is 2.33. The van der Waals surface area contributed by atoms with Crippen LogP contribution in [0.3, 0.4) is 0 Å². The Morgan fingerprint density at radius 3 is 2.48 bits per heavy atom. The first-order chi connectivity index (χ1) is 10.2. The lowest BCUT2D eigenvalue weighted by Crippen LogP contribution is -2.50. The summed E-state index contributed by atoms with van der Waals surface area (Å²) in [6, 6.07) is 5.01. The molecular formula is C16H22ClF3N2O. The van der Waals surface area contributed by atoms with E-state index in [4.69, 9.17) is 0 Å². The number of alkyl halides is 3. The molecule has 1 saturated heterocycles. The number of hydrogen-bond donors (Lipinski definition) is 2. The quantitative estimate of drug-likeness (QED) is 0.878. The molecule has 2 rings (SSSR count). The maximum Gasteiger partial charge on any atom is 0.416 e. The molecule has 1 fully saturated rings. The molecule has 1 aliphatic heterocycles. The summed E-state index contributed by atoms with van der Waals surface area (Å²) < 4.78 is 38.5. The standard InChI is InChI=1S/C16H21F3N2O.ClH/c1-15(2,14(22)21-13-7-4-8-20-10-13)11-5-3-6-12(9-11)16(17,18)19;/h3,5-6,9,13,20H,4,7-8,10H2,1-2H3,(H,21,22);1H/t13-;/m0./s1. The van der Waals surface area contributed by atoms with Crippen molar-refractivity contribution >= 4 is 18.3 Å². The van der Waals surface area contributed by atoms with Gasteiger partial charge in [0.1, 0.15) is 0 Å². The van der Waals surface area contributed by atoms with Crippen molar-refractivity contribution in [1.29, 1.82) is 0 Å². The van der Waals surface area contributed by atoms with Crippen molar-refractivity contribution in [2.24, 2.45) is 0 Å². The molecular weight excluding hydrogens is 329 g/mol. The van der Waals surface area contributed by atoms with Gasteiger partial charge in [0.25, 0.3) is 0 Å². The topological polar surface area (TPSA) is 41.1 Å². The number of piperidine rings is 1. The average Bonchev–Trinajstić information content (AvgIpc) is 2.47. The van der Waals surface area contributed by atoms with Crippen LogP contribution in [-0.2, 0) is 16.4 Å². The van der Waals surface area contributed by atoms with E-state index in [1.807, 2.05) is 0 Å². The molecule has 0 saturated carbocycles. The SMILES string of the molecule is CC(C)(C(=O)N[C@H]1CCCNC1)c1cccc(C(F)(F)F)c1.Cl. The van der Waals surface area contributed by atoms with Crippen molar-refractivity contribution in [3.8, 4) is 0 Å². The van der Waals surface area contributed by atoms with Crippen molar-refractivity contribution in [1.82, 2.24) is 10.6 Å². The van der Waals surface area contributed by atoms with Gasteiger partial charge in [0.2, 0.25) is 5.91 Å². The van der Waals surface area contributed by atoms with Crippen molar-refractivity contribution in [3.63, 3.8) is 0 Å². The maximum atomic E-state index is 12.8. The van der Waals surface area contributed by atoms with Crippen molar-refractivity contribution in [2.75, 3.05) is 13.1 Å². The Bertz CT molecular complexity index is 540. The van der Waals surface area contributed by atoms with Crippen LogP contribution < -0.4 is 10.6 Å². The summed E-state index contributed by atoms with van der Waals surface area (Å²) in [7, 11) is 0. The molecule has 130 valence electrons. The summed E-state index contributed by atoms with van der Waals surface area (Å²) in [4.78, 5) is 12.5. The lowest BCUT2D eigenvalue weighted by atomic mass is 9.82. The Kier molecular flexibility index (Phi) is 6.48. The molecule has 1 amide bonds. The number of amides is 1. The highest BCUT2D eigenvalue weighted by Gasteiger charge is 2.35. The Morgan fingerprint density at radius 1 is 1.26 bits per heavy atom. The van der Waals surface area contributed by atoms with Gasteiger partial charge in [-0.2, -0.15) is 13.2 Å². The number of benzene rings is 1. The van der Waals surface area contributed by atoms with Crippen molar-refractivity contribution in [3.05, 3.63) is 35.4 Å². The van der Waals surface area contributed by atoms with E-state index in [2.05, 4.69) is 10.6 Å². The van der Waals surface area contributed by atoms with Gasteiger partial charge in [0, 0.05) is 12.6 Å². The van der Waals surface area contributed by atoms with Crippen LogP contribution in [-0.4, -0.2) is 25.0 Å². The Hall–Kier alpha value is -1.27. The van der Waals surface area contributed by atoms with Crippen LogP contribution >= 0.6 is 12.4 Å². The van der Waals surface area contributed by atoms with Crippen LogP contribution in [0.2, 0.25) is 0 Å². The predicted molar refractivity (Wildman–Crippen MR) is 85.8 cm³/mol. The molecule has 1 aromatic carbocycles. The number of nitrogens with one attached hydrogen (secondary N) is 2.